The van der Waals surface area contributed by atoms with Gasteiger partial charge in [0.2, 0.25) is 11.6 Å². The van der Waals surface area contributed by atoms with Gasteiger partial charge in [0.1, 0.15) is 11.4 Å². The second-order valence-electron chi connectivity index (χ2n) is 9.11. The molecule has 1 amide bonds. The molecule has 1 aliphatic rings. The number of ether oxygens (including phenoxy) is 4. The topological polar surface area (TPSA) is 104 Å². The minimum Gasteiger partial charge on any atom is -0.444 e. The number of alkyl carbamates (subject to hydrolysis) is 1. The van der Waals surface area contributed by atoms with E-state index < -0.39 is 23.5 Å². The average molecular weight is 497 g/mol. The van der Waals surface area contributed by atoms with Crippen molar-refractivity contribution < 1.29 is 23.7 Å². The Hall–Kier alpha value is -2.12. The summed E-state index contributed by atoms with van der Waals surface area (Å²) in [5.74, 6) is 6.51. The van der Waals surface area contributed by atoms with E-state index in [1.54, 1.807) is 13.3 Å². The number of hydrogen-bond acceptors (Lipinski definition) is 8. The van der Waals surface area contributed by atoms with Gasteiger partial charge in [-0.25, -0.2) is 9.78 Å². The molecule has 0 bridgehead atoms. The van der Waals surface area contributed by atoms with Crippen molar-refractivity contribution in [1.29, 1.82) is 0 Å². The molecule has 190 valence electrons. The minimum absolute atomic E-state index is 0.0973. The summed E-state index contributed by atoms with van der Waals surface area (Å²) >= 11 is 6.12. The molecule has 1 saturated carbocycles. The maximum absolute atomic E-state index is 12.4. The molecule has 9 nitrogen and oxygen atoms in total. The lowest BCUT2D eigenvalue weighted by Crippen LogP contribution is -2.52. The Bertz CT molecular complexity index is 851. The summed E-state index contributed by atoms with van der Waals surface area (Å²) in [7, 11) is 1.72. The van der Waals surface area contributed by atoms with Crippen LogP contribution in [0.25, 0.3) is 0 Å². The van der Waals surface area contributed by atoms with Gasteiger partial charge in [-0.15, -0.1) is 0 Å². The molecule has 0 atom stereocenters. The van der Waals surface area contributed by atoms with Crippen LogP contribution in [0.1, 0.15) is 65.9 Å². The highest BCUT2D eigenvalue weighted by Crippen LogP contribution is 2.33. The molecule has 10 heteroatoms. The fourth-order valence-electron chi connectivity index (χ4n) is 3.65. The van der Waals surface area contributed by atoms with Crippen molar-refractivity contribution in [2.24, 2.45) is 0 Å². The summed E-state index contributed by atoms with van der Waals surface area (Å²) < 4.78 is 22.0. The molecule has 1 heterocycles. The molecule has 2 rings (SSSR count). The molecule has 0 radical (unpaired) electrons. The van der Waals surface area contributed by atoms with Gasteiger partial charge in [0, 0.05) is 33.1 Å². The van der Waals surface area contributed by atoms with Crippen LogP contribution in [0, 0.1) is 11.8 Å². The monoisotopic (exact) mass is 496 g/mol. The van der Waals surface area contributed by atoms with E-state index in [1.165, 1.54) is 0 Å². The van der Waals surface area contributed by atoms with Gasteiger partial charge in [-0.05, 0) is 77.8 Å². The van der Waals surface area contributed by atoms with Crippen LogP contribution in [0.3, 0.4) is 0 Å². The second-order valence-corrected chi connectivity index (χ2v) is 9.45. The Morgan fingerprint density at radius 3 is 2.47 bits per heavy atom. The van der Waals surface area contributed by atoms with Crippen molar-refractivity contribution in [2.75, 3.05) is 32.2 Å². The Balaban J connectivity index is 2.28. The normalized spacial score (nSPS) is 20.4. The van der Waals surface area contributed by atoms with E-state index in [0.29, 0.717) is 31.1 Å². The van der Waals surface area contributed by atoms with Gasteiger partial charge < -0.3 is 29.6 Å². The van der Waals surface area contributed by atoms with Crippen LogP contribution in [0.4, 0.5) is 10.6 Å². The first kappa shape index (κ1) is 28.1. The largest absolute Gasteiger partial charge is 0.444 e. The zero-order chi connectivity index (χ0) is 25.2. The Kier molecular flexibility index (Phi) is 10.8. The van der Waals surface area contributed by atoms with Crippen LogP contribution in [-0.2, 0) is 18.9 Å². The van der Waals surface area contributed by atoms with Gasteiger partial charge in [-0.3, -0.25) is 0 Å². The number of methoxy groups -OCH3 is 1. The molecule has 1 aliphatic carbocycles. The van der Waals surface area contributed by atoms with Crippen LogP contribution in [0.2, 0.25) is 5.28 Å². The van der Waals surface area contributed by atoms with Crippen LogP contribution in [0.15, 0.2) is 6.20 Å². The molecule has 1 aromatic rings. The Labute approximate surface area is 207 Å². The van der Waals surface area contributed by atoms with E-state index in [-0.39, 0.29) is 11.4 Å². The number of aromatic nitrogens is 2. The molecular formula is C24H37ClN4O5. The number of halogens is 1. The third kappa shape index (κ3) is 9.26. The first-order valence-electron chi connectivity index (χ1n) is 11.6. The van der Waals surface area contributed by atoms with Crippen LogP contribution in [0.5, 0.6) is 0 Å². The van der Waals surface area contributed by atoms with Gasteiger partial charge in [-0.2, -0.15) is 4.98 Å². The highest BCUT2D eigenvalue weighted by Gasteiger charge is 2.37. The predicted octanol–water partition coefficient (Wildman–Crippen LogP) is 4.15. The molecule has 0 aliphatic heterocycles. The van der Waals surface area contributed by atoms with Crippen molar-refractivity contribution in [1.82, 2.24) is 15.3 Å². The molecular weight excluding hydrogens is 460 g/mol. The maximum Gasteiger partial charge on any atom is 0.407 e. The van der Waals surface area contributed by atoms with Gasteiger partial charge in [0.15, 0.2) is 0 Å². The molecule has 0 aromatic carbocycles. The number of carbonyl (C=O) groups excluding carboxylic acids is 1. The lowest BCUT2D eigenvalue weighted by molar-refractivity contribution is -0.0969. The molecule has 1 fully saturated rings. The number of anilines is 1. The summed E-state index contributed by atoms with van der Waals surface area (Å²) in [6, 6.07) is 0. The fourth-order valence-corrected chi connectivity index (χ4v) is 3.78. The first-order valence-corrected chi connectivity index (χ1v) is 12.0. The maximum atomic E-state index is 12.4. The van der Waals surface area contributed by atoms with E-state index in [0.717, 1.165) is 25.7 Å². The third-order valence-corrected chi connectivity index (χ3v) is 5.48. The number of carbonyl (C=O) groups is 1. The Morgan fingerprint density at radius 1 is 1.26 bits per heavy atom. The molecule has 1 aromatic heterocycles. The summed E-state index contributed by atoms with van der Waals surface area (Å²) in [4.78, 5) is 20.8. The van der Waals surface area contributed by atoms with Gasteiger partial charge >= 0.3 is 6.09 Å². The van der Waals surface area contributed by atoms with Gasteiger partial charge in [0.25, 0.3) is 0 Å². The van der Waals surface area contributed by atoms with Crippen LogP contribution in [-0.4, -0.2) is 66.5 Å². The average Bonchev–Trinajstić information content (AvgIpc) is 2.77. The molecule has 34 heavy (non-hydrogen) atoms. The first-order chi connectivity index (χ1) is 16.1. The van der Waals surface area contributed by atoms with Crippen molar-refractivity contribution in [3.8, 4) is 11.8 Å². The van der Waals surface area contributed by atoms with E-state index in [1.807, 2.05) is 34.6 Å². The van der Waals surface area contributed by atoms with Crippen LogP contribution < -0.4 is 10.6 Å². The molecule has 0 spiro atoms. The quantitative estimate of drug-likeness (QED) is 0.298. The van der Waals surface area contributed by atoms with E-state index in [4.69, 9.17) is 30.5 Å². The summed E-state index contributed by atoms with van der Waals surface area (Å²) in [6.07, 6.45) is 3.76. The summed E-state index contributed by atoms with van der Waals surface area (Å²) in [5, 5.41) is 6.51. The molecule has 2 N–H and O–H groups in total. The standard InChI is InChI=1S/C24H37ClN4O5/c1-7-32-19(33-8-2)10-9-17-15-26-21(25)28-20(17)29-24(13-11-18(31-6)12-14-24)16-27-22(30)34-23(3,4)5/h15,18-19H,7-8,11-14,16H2,1-6H3,(H,27,30)(H,26,28,29)/t18-,24-. The lowest BCUT2D eigenvalue weighted by Gasteiger charge is -2.41. The minimum atomic E-state index is -0.654. The highest BCUT2D eigenvalue weighted by molar-refractivity contribution is 6.28. The second kappa shape index (κ2) is 13.1. The van der Waals surface area contributed by atoms with E-state index >= 15 is 0 Å². The number of hydrogen-bond donors (Lipinski definition) is 2. The van der Waals surface area contributed by atoms with Crippen molar-refractivity contribution in [2.45, 2.75) is 83.8 Å². The van der Waals surface area contributed by atoms with Crippen molar-refractivity contribution in [3.63, 3.8) is 0 Å². The number of rotatable bonds is 9. The fraction of sp³-hybridized carbons (Fsp3) is 0.708. The molecule has 0 unspecified atom stereocenters. The number of amides is 1. The zero-order valence-corrected chi connectivity index (χ0v) is 21.8. The smallest absolute Gasteiger partial charge is 0.407 e. The van der Waals surface area contributed by atoms with E-state index in [9.17, 15) is 4.79 Å². The lowest BCUT2D eigenvalue weighted by atomic mass is 9.80. The summed E-state index contributed by atoms with van der Waals surface area (Å²) in [6.45, 7) is 10.5. The number of nitrogens with one attached hydrogen (secondary N) is 2. The van der Waals surface area contributed by atoms with Crippen molar-refractivity contribution >= 4 is 23.5 Å². The van der Waals surface area contributed by atoms with Crippen LogP contribution >= 0.6 is 11.6 Å². The van der Waals surface area contributed by atoms with E-state index in [2.05, 4.69) is 32.4 Å². The van der Waals surface area contributed by atoms with Crippen molar-refractivity contribution in [3.05, 3.63) is 17.0 Å². The third-order valence-electron chi connectivity index (χ3n) is 5.30. The Morgan fingerprint density at radius 2 is 1.91 bits per heavy atom. The predicted molar refractivity (Wildman–Crippen MR) is 131 cm³/mol. The summed E-state index contributed by atoms with van der Waals surface area (Å²) in [5.41, 5.74) is -0.516. The molecule has 0 saturated heterocycles. The van der Waals surface area contributed by atoms with Gasteiger partial charge in [0.05, 0.1) is 17.2 Å². The highest BCUT2D eigenvalue weighted by atomic mass is 35.5. The zero-order valence-electron chi connectivity index (χ0n) is 21.0. The SMILES string of the molecule is CCOC(C#Cc1cnc(Cl)nc1N[C@]1(CNC(=O)OC(C)(C)C)CC[C@@H](OC)CC1)OCC. The number of nitrogens with zero attached hydrogens (tertiary/aromatic N) is 2. The van der Waals surface area contributed by atoms with Gasteiger partial charge in [-0.1, -0.05) is 5.92 Å².